The quantitative estimate of drug-likeness (QED) is 0.919. The summed E-state index contributed by atoms with van der Waals surface area (Å²) in [5.74, 6) is -1.16. The Bertz CT molecular complexity index is 623. The highest BCUT2D eigenvalue weighted by Crippen LogP contribution is 2.33. The van der Waals surface area contributed by atoms with E-state index in [9.17, 15) is 9.18 Å². The summed E-state index contributed by atoms with van der Waals surface area (Å²) in [5, 5.41) is 0.107. The molecule has 20 heavy (non-hydrogen) atoms. The second-order valence-electron chi connectivity index (χ2n) is 3.96. The van der Waals surface area contributed by atoms with Gasteiger partial charge in [0.15, 0.2) is 11.6 Å². The van der Waals surface area contributed by atoms with Crippen LogP contribution in [0.1, 0.15) is 12.0 Å². The van der Waals surface area contributed by atoms with Gasteiger partial charge < -0.3 is 10.5 Å². The van der Waals surface area contributed by atoms with Crippen molar-refractivity contribution in [2.45, 2.75) is 12.8 Å². The standard InChI is InChI=1S/C13H11ClFN3O2/c14-9-3-1-8(2-4-10(16)19)12(15)13(9)20-11-7-17-5-6-18-11/h1,3,5-7H,2,4H2,(H2,16,19). The Morgan fingerprint density at radius 1 is 1.40 bits per heavy atom. The van der Waals surface area contributed by atoms with Gasteiger partial charge in [0.25, 0.3) is 0 Å². The van der Waals surface area contributed by atoms with E-state index in [2.05, 4.69) is 9.97 Å². The smallest absolute Gasteiger partial charge is 0.238 e. The van der Waals surface area contributed by atoms with Crippen molar-refractivity contribution in [2.24, 2.45) is 5.73 Å². The third-order valence-electron chi connectivity index (χ3n) is 2.52. The Morgan fingerprint density at radius 2 is 2.20 bits per heavy atom. The van der Waals surface area contributed by atoms with E-state index in [0.717, 1.165) is 0 Å². The number of benzene rings is 1. The van der Waals surface area contributed by atoms with E-state index in [0.29, 0.717) is 5.56 Å². The molecule has 1 aromatic carbocycles. The number of halogens is 2. The minimum atomic E-state index is -0.635. The first-order valence-corrected chi connectivity index (χ1v) is 6.14. The summed E-state index contributed by atoms with van der Waals surface area (Å²) < 4.78 is 19.6. The Balaban J connectivity index is 2.27. The summed E-state index contributed by atoms with van der Waals surface area (Å²) in [6, 6.07) is 2.98. The van der Waals surface area contributed by atoms with E-state index in [-0.39, 0.29) is 29.5 Å². The zero-order chi connectivity index (χ0) is 14.5. The van der Waals surface area contributed by atoms with Crippen LogP contribution in [-0.4, -0.2) is 15.9 Å². The van der Waals surface area contributed by atoms with Gasteiger partial charge in [-0.3, -0.25) is 9.78 Å². The second kappa shape index (κ2) is 6.29. The molecule has 2 N–H and O–H groups in total. The fourth-order valence-electron chi connectivity index (χ4n) is 1.56. The lowest BCUT2D eigenvalue weighted by Gasteiger charge is -2.10. The average molecular weight is 296 g/mol. The summed E-state index contributed by atoms with van der Waals surface area (Å²) in [6.07, 6.45) is 4.44. The first-order chi connectivity index (χ1) is 9.58. The van der Waals surface area contributed by atoms with Gasteiger partial charge in [-0.1, -0.05) is 17.7 Å². The van der Waals surface area contributed by atoms with Crippen LogP contribution in [0.15, 0.2) is 30.7 Å². The van der Waals surface area contributed by atoms with Crippen LogP contribution >= 0.6 is 11.6 Å². The highest BCUT2D eigenvalue weighted by molar-refractivity contribution is 6.32. The summed E-state index contributed by atoms with van der Waals surface area (Å²) in [4.78, 5) is 18.4. The van der Waals surface area contributed by atoms with E-state index in [1.807, 2.05) is 0 Å². The number of nitrogens with zero attached hydrogens (tertiary/aromatic N) is 2. The molecule has 0 saturated heterocycles. The van der Waals surface area contributed by atoms with Gasteiger partial charge >= 0.3 is 0 Å². The molecule has 1 amide bonds. The lowest BCUT2D eigenvalue weighted by atomic mass is 10.1. The summed E-state index contributed by atoms with van der Waals surface area (Å²) in [7, 11) is 0. The number of aromatic nitrogens is 2. The van der Waals surface area contributed by atoms with Gasteiger partial charge in [-0.2, -0.15) is 0 Å². The molecule has 2 rings (SSSR count). The van der Waals surface area contributed by atoms with Crippen LogP contribution in [0.2, 0.25) is 5.02 Å². The highest BCUT2D eigenvalue weighted by atomic mass is 35.5. The van der Waals surface area contributed by atoms with Crippen molar-refractivity contribution < 1.29 is 13.9 Å². The van der Waals surface area contributed by atoms with Crippen molar-refractivity contribution in [3.05, 3.63) is 47.1 Å². The maximum atomic E-state index is 14.3. The number of amides is 1. The van der Waals surface area contributed by atoms with Crippen LogP contribution in [0.25, 0.3) is 0 Å². The molecule has 0 aliphatic carbocycles. The number of primary amides is 1. The number of carbonyl (C=O) groups is 1. The third-order valence-corrected chi connectivity index (χ3v) is 2.81. The van der Waals surface area contributed by atoms with Gasteiger partial charge in [-0.15, -0.1) is 0 Å². The molecule has 0 atom stereocenters. The topological polar surface area (TPSA) is 78.1 Å². The predicted molar refractivity (Wildman–Crippen MR) is 71.0 cm³/mol. The zero-order valence-corrected chi connectivity index (χ0v) is 11.1. The number of ether oxygens (including phenoxy) is 1. The molecule has 0 unspecified atom stereocenters. The molecule has 0 bridgehead atoms. The van der Waals surface area contributed by atoms with E-state index < -0.39 is 11.7 Å². The van der Waals surface area contributed by atoms with E-state index in [4.69, 9.17) is 22.1 Å². The number of carbonyl (C=O) groups excluding carboxylic acids is 1. The molecule has 0 fully saturated rings. The van der Waals surface area contributed by atoms with Gasteiger partial charge in [0.1, 0.15) is 0 Å². The van der Waals surface area contributed by atoms with Crippen molar-refractivity contribution in [3.63, 3.8) is 0 Å². The molecule has 1 heterocycles. The number of hydrogen-bond acceptors (Lipinski definition) is 4. The monoisotopic (exact) mass is 295 g/mol. The Hall–Kier alpha value is -2.21. The second-order valence-corrected chi connectivity index (χ2v) is 4.37. The van der Waals surface area contributed by atoms with E-state index in [1.165, 1.54) is 30.7 Å². The van der Waals surface area contributed by atoms with E-state index >= 15 is 0 Å². The van der Waals surface area contributed by atoms with Gasteiger partial charge in [-0.05, 0) is 18.1 Å². The molecule has 2 aromatic rings. The minimum absolute atomic E-state index is 0.0448. The van der Waals surface area contributed by atoms with Crippen molar-refractivity contribution in [3.8, 4) is 11.6 Å². The fraction of sp³-hybridized carbons (Fsp3) is 0.154. The summed E-state index contributed by atoms with van der Waals surface area (Å²) >= 11 is 5.91. The Kier molecular flexibility index (Phi) is 4.47. The average Bonchev–Trinajstić information content (AvgIpc) is 2.43. The molecular formula is C13H11ClFN3O2. The van der Waals surface area contributed by atoms with Crippen LogP contribution in [0.3, 0.4) is 0 Å². The molecule has 104 valence electrons. The van der Waals surface area contributed by atoms with Crippen molar-refractivity contribution in [1.29, 1.82) is 0 Å². The van der Waals surface area contributed by atoms with Gasteiger partial charge in [0, 0.05) is 18.8 Å². The largest absolute Gasteiger partial charge is 0.433 e. The Morgan fingerprint density at radius 3 is 2.85 bits per heavy atom. The summed E-state index contributed by atoms with van der Waals surface area (Å²) in [6.45, 7) is 0. The molecule has 0 saturated carbocycles. The number of aryl methyl sites for hydroxylation is 1. The predicted octanol–water partition coefficient (Wildman–Crippen LogP) is 2.48. The normalized spacial score (nSPS) is 10.3. The molecular weight excluding hydrogens is 285 g/mol. The number of nitrogens with two attached hydrogens (primary N) is 1. The van der Waals surface area contributed by atoms with E-state index in [1.54, 1.807) is 0 Å². The lowest BCUT2D eigenvalue weighted by molar-refractivity contribution is -0.117. The fourth-order valence-corrected chi connectivity index (χ4v) is 1.74. The molecule has 0 aliphatic heterocycles. The first kappa shape index (κ1) is 14.2. The molecule has 7 heteroatoms. The number of hydrogen-bond donors (Lipinski definition) is 1. The van der Waals surface area contributed by atoms with Crippen LogP contribution in [0.5, 0.6) is 11.6 Å². The molecule has 0 aliphatic rings. The molecule has 0 spiro atoms. The van der Waals surface area contributed by atoms with Crippen LogP contribution in [-0.2, 0) is 11.2 Å². The van der Waals surface area contributed by atoms with Gasteiger partial charge in [0.2, 0.25) is 11.8 Å². The SMILES string of the molecule is NC(=O)CCc1ccc(Cl)c(Oc2cnccn2)c1F. The third kappa shape index (κ3) is 3.42. The molecule has 0 radical (unpaired) electrons. The van der Waals surface area contributed by atoms with Gasteiger partial charge in [-0.25, -0.2) is 9.37 Å². The number of rotatable bonds is 5. The van der Waals surface area contributed by atoms with Crippen LogP contribution in [0, 0.1) is 5.82 Å². The first-order valence-electron chi connectivity index (χ1n) is 5.77. The van der Waals surface area contributed by atoms with Gasteiger partial charge in [0.05, 0.1) is 11.2 Å². The highest BCUT2D eigenvalue weighted by Gasteiger charge is 2.15. The molecule has 1 aromatic heterocycles. The lowest BCUT2D eigenvalue weighted by Crippen LogP contribution is -2.11. The van der Waals surface area contributed by atoms with Crippen LogP contribution < -0.4 is 10.5 Å². The zero-order valence-electron chi connectivity index (χ0n) is 10.3. The van der Waals surface area contributed by atoms with Crippen molar-refractivity contribution in [1.82, 2.24) is 9.97 Å². The maximum Gasteiger partial charge on any atom is 0.238 e. The minimum Gasteiger partial charge on any atom is -0.433 e. The molecule has 5 nitrogen and oxygen atoms in total. The van der Waals surface area contributed by atoms with Crippen molar-refractivity contribution in [2.75, 3.05) is 0 Å². The maximum absolute atomic E-state index is 14.3. The summed E-state index contributed by atoms with van der Waals surface area (Å²) in [5.41, 5.74) is 5.34. The Labute approximate surface area is 119 Å². The van der Waals surface area contributed by atoms with Crippen LogP contribution in [0.4, 0.5) is 4.39 Å². The van der Waals surface area contributed by atoms with Crippen molar-refractivity contribution >= 4 is 17.5 Å².